The molecule has 0 spiro atoms. The summed E-state index contributed by atoms with van der Waals surface area (Å²) in [6, 6.07) is 2.56. The molecule has 0 unspecified atom stereocenters. The lowest BCUT2D eigenvalue weighted by atomic mass is 9.84. The molecule has 0 atom stereocenters. The Kier molecular flexibility index (Phi) is 3.03. The zero-order valence-electron chi connectivity index (χ0n) is 9.44. The summed E-state index contributed by atoms with van der Waals surface area (Å²) in [5, 5.41) is 18.7. The summed E-state index contributed by atoms with van der Waals surface area (Å²) in [5.74, 6) is -1.26. The molecule has 86 valence electrons. The Hall–Kier alpha value is -1.84. The lowest BCUT2D eigenvalue weighted by Gasteiger charge is -2.21. The van der Waals surface area contributed by atoms with Gasteiger partial charge in [0.1, 0.15) is 5.75 Å². The molecule has 16 heavy (non-hydrogen) atoms. The van der Waals surface area contributed by atoms with E-state index in [1.807, 2.05) is 20.8 Å². The fraction of sp³-hybridized carbons (Fsp3) is 0.333. The van der Waals surface area contributed by atoms with Crippen LogP contribution < -0.4 is 0 Å². The van der Waals surface area contributed by atoms with E-state index in [0.717, 1.165) is 0 Å². The minimum atomic E-state index is -1.12. The van der Waals surface area contributed by atoms with Gasteiger partial charge in [-0.1, -0.05) is 20.8 Å². The van der Waals surface area contributed by atoms with Gasteiger partial charge in [-0.2, -0.15) is 0 Å². The van der Waals surface area contributed by atoms with Gasteiger partial charge in [0.15, 0.2) is 6.29 Å². The molecule has 1 aromatic carbocycles. The van der Waals surface area contributed by atoms with Crippen LogP contribution in [0.2, 0.25) is 0 Å². The maximum absolute atomic E-state index is 10.9. The number of carboxylic acids is 1. The summed E-state index contributed by atoms with van der Waals surface area (Å²) in [5.41, 5.74) is 0.0389. The fourth-order valence-electron chi connectivity index (χ4n) is 1.44. The zero-order chi connectivity index (χ0) is 12.5. The van der Waals surface area contributed by atoms with Gasteiger partial charge in [0.25, 0.3) is 0 Å². The number of carbonyl (C=O) groups is 2. The van der Waals surface area contributed by atoms with E-state index in [2.05, 4.69) is 0 Å². The van der Waals surface area contributed by atoms with Gasteiger partial charge >= 0.3 is 5.97 Å². The standard InChI is InChI=1S/C12H14O4/c1-12(2,3)9-5-7(11(15)16)4-8(6-13)10(9)14/h4-6,14H,1-3H3,(H,15,16). The van der Waals surface area contributed by atoms with Crippen LogP contribution in [0.15, 0.2) is 12.1 Å². The minimum absolute atomic E-state index is 0.00447. The maximum Gasteiger partial charge on any atom is 0.335 e. The number of phenols is 1. The molecule has 0 saturated heterocycles. The molecular formula is C12H14O4. The molecule has 0 aromatic heterocycles. The first-order valence-corrected chi connectivity index (χ1v) is 4.83. The van der Waals surface area contributed by atoms with Crippen molar-refractivity contribution in [1.29, 1.82) is 0 Å². The molecule has 0 aliphatic rings. The van der Waals surface area contributed by atoms with Crippen LogP contribution in [-0.2, 0) is 5.41 Å². The monoisotopic (exact) mass is 222 g/mol. The lowest BCUT2D eigenvalue weighted by Crippen LogP contribution is -2.14. The summed E-state index contributed by atoms with van der Waals surface area (Å²) in [6.45, 7) is 5.51. The van der Waals surface area contributed by atoms with Crippen molar-refractivity contribution in [3.63, 3.8) is 0 Å². The first kappa shape index (κ1) is 12.2. The number of hydrogen-bond acceptors (Lipinski definition) is 3. The second kappa shape index (κ2) is 3.96. The highest BCUT2D eigenvalue weighted by Gasteiger charge is 2.22. The number of carboxylic acid groups (broad SMARTS) is 1. The Morgan fingerprint density at radius 2 is 1.88 bits per heavy atom. The predicted molar refractivity (Wildman–Crippen MR) is 59.2 cm³/mol. The van der Waals surface area contributed by atoms with E-state index < -0.39 is 11.4 Å². The number of phenolic OH excluding ortho intramolecular Hbond substituents is 1. The highest BCUT2D eigenvalue weighted by Crippen LogP contribution is 2.33. The van der Waals surface area contributed by atoms with Crippen molar-refractivity contribution >= 4 is 12.3 Å². The van der Waals surface area contributed by atoms with Crippen molar-refractivity contribution in [2.75, 3.05) is 0 Å². The van der Waals surface area contributed by atoms with Gasteiger partial charge in [-0.15, -0.1) is 0 Å². The van der Waals surface area contributed by atoms with E-state index in [1.165, 1.54) is 12.1 Å². The zero-order valence-corrected chi connectivity index (χ0v) is 9.44. The average molecular weight is 222 g/mol. The first-order chi connectivity index (χ1) is 7.27. The second-order valence-corrected chi connectivity index (χ2v) is 4.63. The summed E-state index contributed by atoms with van der Waals surface area (Å²) in [6.07, 6.45) is 0.455. The molecule has 0 heterocycles. The van der Waals surface area contributed by atoms with Gasteiger partial charge in [-0.05, 0) is 17.5 Å². The third kappa shape index (κ3) is 2.21. The third-order valence-electron chi connectivity index (χ3n) is 2.32. The van der Waals surface area contributed by atoms with Crippen LogP contribution >= 0.6 is 0 Å². The summed E-state index contributed by atoms with van der Waals surface area (Å²) < 4.78 is 0. The van der Waals surface area contributed by atoms with Crippen molar-refractivity contribution in [2.45, 2.75) is 26.2 Å². The molecule has 0 saturated carbocycles. The summed E-state index contributed by atoms with van der Waals surface area (Å²) >= 11 is 0. The second-order valence-electron chi connectivity index (χ2n) is 4.63. The number of carbonyl (C=O) groups excluding carboxylic acids is 1. The van der Waals surface area contributed by atoms with Gasteiger partial charge in [0, 0.05) is 5.56 Å². The summed E-state index contributed by atoms with van der Waals surface area (Å²) in [7, 11) is 0. The van der Waals surface area contributed by atoms with Crippen LogP contribution in [0.4, 0.5) is 0 Å². The highest BCUT2D eigenvalue weighted by molar-refractivity contribution is 5.92. The first-order valence-electron chi connectivity index (χ1n) is 4.83. The normalized spacial score (nSPS) is 11.2. The van der Waals surface area contributed by atoms with Crippen LogP contribution in [0, 0.1) is 0 Å². The van der Waals surface area contributed by atoms with Crippen molar-refractivity contribution in [2.24, 2.45) is 0 Å². The van der Waals surface area contributed by atoms with Crippen molar-refractivity contribution in [1.82, 2.24) is 0 Å². The molecule has 0 radical (unpaired) electrons. The Bertz CT molecular complexity index is 441. The average Bonchev–Trinajstić information content (AvgIpc) is 2.15. The van der Waals surface area contributed by atoms with E-state index in [1.54, 1.807) is 0 Å². The van der Waals surface area contributed by atoms with Crippen LogP contribution in [-0.4, -0.2) is 22.5 Å². The maximum atomic E-state index is 10.9. The van der Waals surface area contributed by atoms with Crippen LogP contribution in [0.3, 0.4) is 0 Å². The number of aromatic hydroxyl groups is 1. The Morgan fingerprint density at radius 3 is 2.25 bits per heavy atom. The summed E-state index contributed by atoms with van der Waals surface area (Å²) in [4.78, 5) is 21.6. The molecule has 0 bridgehead atoms. The highest BCUT2D eigenvalue weighted by atomic mass is 16.4. The van der Waals surface area contributed by atoms with E-state index in [4.69, 9.17) is 5.11 Å². The molecule has 0 aliphatic heterocycles. The van der Waals surface area contributed by atoms with Crippen LogP contribution in [0.25, 0.3) is 0 Å². The largest absolute Gasteiger partial charge is 0.507 e. The van der Waals surface area contributed by atoms with E-state index in [0.29, 0.717) is 11.8 Å². The van der Waals surface area contributed by atoms with Crippen molar-refractivity contribution in [3.8, 4) is 5.75 Å². The van der Waals surface area contributed by atoms with Crippen molar-refractivity contribution < 1.29 is 19.8 Å². The minimum Gasteiger partial charge on any atom is -0.507 e. The topological polar surface area (TPSA) is 74.6 Å². The van der Waals surface area contributed by atoms with Crippen LogP contribution in [0.5, 0.6) is 5.75 Å². The van der Waals surface area contributed by atoms with E-state index >= 15 is 0 Å². The van der Waals surface area contributed by atoms with E-state index in [9.17, 15) is 14.7 Å². The molecule has 0 fully saturated rings. The number of aromatic carboxylic acids is 1. The third-order valence-corrected chi connectivity index (χ3v) is 2.32. The molecule has 0 amide bonds. The van der Waals surface area contributed by atoms with Crippen LogP contribution in [0.1, 0.15) is 47.1 Å². The number of aldehydes is 1. The molecular weight excluding hydrogens is 208 g/mol. The molecule has 2 N–H and O–H groups in total. The van der Waals surface area contributed by atoms with Gasteiger partial charge < -0.3 is 10.2 Å². The molecule has 1 rings (SSSR count). The smallest absolute Gasteiger partial charge is 0.335 e. The molecule has 0 aliphatic carbocycles. The molecule has 4 heteroatoms. The fourth-order valence-corrected chi connectivity index (χ4v) is 1.44. The van der Waals surface area contributed by atoms with Gasteiger partial charge in [-0.25, -0.2) is 4.79 Å². The Labute approximate surface area is 93.5 Å². The van der Waals surface area contributed by atoms with Gasteiger partial charge in [-0.3, -0.25) is 4.79 Å². The van der Waals surface area contributed by atoms with Gasteiger partial charge in [0.2, 0.25) is 0 Å². The SMILES string of the molecule is CC(C)(C)c1cc(C(=O)O)cc(C=O)c1O. The molecule has 1 aromatic rings. The quantitative estimate of drug-likeness (QED) is 0.752. The lowest BCUT2D eigenvalue weighted by molar-refractivity contribution is 0.0696. The number of rotatable bonds is 2. The van der Waals surface area contributed by atoms with E-state index in [-0.39, 0.29) is 16.9 Å². The predicted octanol–water partition coefficient (Wildman–Crippen LogP) is 2.20. The Morgan fingerprint density at radius 1 is 1.31 bits per heavy atom. The van der Waals surface area contributed by atoms with Crippen molar-refractivity contribution in [3.05, 3.63) is 28.8 Å². The number of hydrogen-bond donors (Lipinski definition) is 2. The Balaban J connectivity index is 3.54. The number of benzene rings is 1. The molecule has 4 nitrogen and oxygen atoms in total. The van der Waals surface area contributed by atoms with Gasteiger partial charge in [0.05, 0.1) is 11.1 Å².